The van der Waals surface area contributed by atoms with E-state index in [1.807, 2.05) is 0 Å². The number of nitrogens with two attached hydrogens (primary N) is 1. The fourth-order valence-corrected chi connectivity index (χ4v) is 1.91. The van der Waals surface area contributed by atoms with Crippen molar-refractivity contribution in [2.75, 3.05) is 5.73 Å². The fraction of sp³-hybridized carbons (Fsp3) is 0.100. The van der Waals surface area contributed by atoms with Gasteiger partial charge in [-0.2, -0.15) is 0 Å². The summed E-state index contributed by atoms with van der Waals surface area (Å²) in [6.45, 7) is 1.65. The van der Waals surface area contributed by atoms with Crippen LogP contribution in [0.5, 0.6) is 0 Å². The Kier molecular flexibility index (Phi) is 2.30. The van der Waals surface area contributed by atoms with Crippen LogP contribution in [0.15, 0.2) is 18.2 Å². The normalized spacial score (nSPS) is 10.8. The summed E-state index contributed by atoms with van der Waals surface area (Å²) in [6, 6.07) is 5.07. The van der Waals surface area contributed by atoms with Crippen LogP contribution in [0.2, 0.25) is 0 Å². The molecule has 1 aromatic carbocycles. The van der Waals surface area contributed by atoms with E-state index in [0.717, 1.165) is 14.5 Å². The lowest BCUT2D eigenvalue weighted by Crippen LogP contribution is -1.94. The zero-order valence-electron chi connectivity index (χ0n) is 7.51. The molecule has 0 spiro atoms. The number of halogens is 2. The van der Waals surface area contributed by atoms with E-state index in [9.17, 15) is 4.39 Å². The monoisotopic (exact) mass is 302 g/mol. The van der Waals surface area contributed by atoms with Gasteiger partial charge in [0.1, 0.15) is 5.82 Å². The fourth-order valence-electron chi connectivity index (χ4n) is 1.30. The SMILES string of the molecule is Cc1nc2ccc(N)c(I)c2cc1F. The van der Waals surface area contributed by atoms with E-state index in [1.54, 1.807) is 19.1 Å². The maximum atomic E-state index is 13.3. The number of nitrogen functional groups attached to an aromatic ring is 1. The third kappa shape index (κ3) is 1.43. The van der Waals surface area contributed by atoms with Gasteiger partial charge in [0.15, 0.2) is 0 Å². The average molecular weight is 302 g/mol. The van der Waals surface area contributed by atoms with Crippen LogP contribution in [-0.2, 0) is 0 Å². The van der Waals surface area contributed by atoms with E-state index >= 15 is 0 Å². The molecule has 0 fully saturated rings. The molecule has 0 aliphatic rings. The standard InChI is InChI=1S/C10H8FIN2/c1-5-7(11)4-6-9(14-5)3-2-8(13)10(6)12/h2-4H,13H2,1H3. The first kappa shape index (κ1) is 9.64. The third-order valence-electron chi connectivity index (χ3n) is 2.09. The van der Waals surface area contributed by atoms with E-state index in [0.29, 0.717) is 11.4 Å². The second kappa shape index (κ2) is 3.34. The number of hydrogen-bond acceptors (Lipinski definition) is 2. The number of fused-ring (bicyclic) bond motifs is 1. The Morgan fingerprint density at radius 3 is 2.86 bits per heavy atom. The number of aryl methyl sites for hydroxylation is 1. The van der Waals surface area contributed by atoms with Crippen LogP contribution in [0.1, 0.15) is 5.69 Å². The maximum Gasteiger partial charge on any atom is 0.145 e. The van der Waals surface area contributed by atoms with Crippen molar-refractivity contribution in [3.05, 3.63) is 33.3 Å². The van der Waals surface area contributed by atoms with E-state index < -0.39 is 0 Å². The molecule has 0 saturated heterocycles. The molecule has 1 heterocycles. The number of rotatable bonds is 0. The predicted octanol–water partition coefficient (Wildman–Crippen LogP) is 2.87. The van der Waals surface area contributed by atoms with Crippen molar-refractivity contribution >= 4 is 39.2 Å². The minimum Gasteiger partial charge on any atom is -0.398 e. The topological polar surface area (TPSA) is 38.9 Å². The molecule has 2 nitrogen and oxygen atoms in total. The smallest absolute Gasteiger partial charge is 0.145 e. The first-order valence-corrected chi connectivity index (χ1v) is 5.18. The highest BCUT2D eigenvalue weighted by molar-refractivity contribution is 14.1. The van der Waals surface area contributed by atoms with Gasteiger partial charge in [0, 0.05) is 14.6 Å². The summed E-state index contributed by atoms with van der Waals surface area (Å²) in [5.74, 6) is -0.291. The van der Waals surface area contributed by atoms with Crippen LogP contribution in [0.4, 0.5) is 10.1 Å². The molecule has 0 radical (unpaired) electrons. The van der Waals surface area contributed by atoms with Crippen molar-refractivity contribution in [3.63, 3.8) is 0 Å². The Morgan fingerprint density at radius 2 is 2.14 bits per heavy atom. The zero-order valence-corrected chi connectivity index (χ0v) is 9.67. The molecule has 0 unspecified atom stereocenters. The molecule has 14 heavy (non-hydrogen) atoms. The van der Waals surface area contributed by atoms with E-state index in [2.05, 4.69) is 27.6 Å². The average Bonchev–Trinajstić information content (AvgIpc) is 2.15. The molecule has 0 atom stereocenters. The minimum atomic E-state index is -0.291. The zero-order chi connectivity index (χ0) is 10.3. The second-order valence-electron chi connectivity index (χ2n) is 3.09. The molecule has 0 aliphatic heterocycles. The van der Waals surface area contributed by atoms with Crippen LogP contribution in [0.25, 0.3) is 10.9 Å². The highest BCUT2D eigenvalue weighted by Gasteiger charge is 2.06. The van der Waals surface area contributed by atoms with Crippen LogP contribution in [0, 0.1) is 16.3 Å². The summed E-state index contributed by atoms with van der Waals surface area (Å²) in [7, 11) is 0. The lowest BCUT2D eigenvalue weighted by Gasteiger charge is -2.04. The molecule has 1 aromatic heterocycles. The molecular weight excluding hydrogens is 294 g/mol. The molecule has 0 aliphatic carbocycles. The number of hydrogen-bond donors (Lipinski definition) is 1. The molecular formula is C10H8FIN2. The van der Waals surface area contributed by atoms with Crippen LogP contribution >= 0.6 is 22.6 Å². The van der Waals surface area contributed by atoms with Crippen molar-refractivity contribution in [1.82, 2.24) is 4.98 Å². The summed E-state index contributed by atoms with van der Waals surface area (Å²) in [6.07, 6.45) is 0. The Morgan fingerprint density at radius 1 is 1.43 bits per heavy atom. The quantitative estimate of drug-likeness (QED) is 0.600. The first-order chi connectivity index (χ1) is 6.59. The summed E-state index contributed by atoms with van der Waals surface area (Å²) >= 11 is 2.10. The Labute approximate surface area is 94.5 Å². The van der Waals surface area contributed by atoms with Gasteiger partial charge in [-0.05, 0) is 47.7 Å². The molecule has 0 saturated carbocycles. The van der Waals surface area contributed by atoms with Gasteiger partial charge < -0.3 is 5.73 Å². The van der Waals surface area contributed by atoms with Gasteiger partial charge in [-0.1, -0.05) is 0 Å². The molecule has 2 rings (SSSR count). The van der Waals surface area contributed by atoms with Crippen LogP contribution < -0.4 is 5.73 Å². The number of nitrogens with zero attached hydrogens (tertiary/aromatic N) is 1. The Hall–Kier alpha value is -0.910. The maximum absolute atomic E-state index is 13.3. The number of benzene rings is 1. The molecule has 0 amide bonds. The van der Waals surface area contributed by atoms with Gasteiger partial charge in [-0.25, -0.2) is 4.39 Å². The van der Waals surface area contributed by atoms with Crippen molar-refractivity contribution in [2.24, 2.45) is 0 Å². The van der Waals surface area contributed by atoms with Gasteiger partial charge in [0.2, 0.25) is 0 Å². The van der Waals surface area contributed by atoms with E-state index in [-0.39, 0.29) is 5.82 Å². The van der Waals surface area contributed by atoms with Crippen LogP contribution in [0.3, 0.4) is 0 Å². The van der Waals surface area contributed by atoms with Crippen molar-refractivity contribution < 1.29 is 4.39 Å². The van der Waals surface area contributed by atoms with Crippen molar-refractivity contribution in [1.29, 1.82) is 0 Å². The van der Waals surface area contributed by atoms with E-state index in [4.69, 9.17) is 5.73 Å². The van der Waals surface area contributed by atoms with Gasteiger partial charge in [-0.3, -0.25) is 4.98 Å². The minimum absolute atomic E-state index is 0.291. The third-order valence-corrected chi connectivity index (χ3v) is 3.30. The highest BCUT2D eigenvalue weighted by Crippen LogP contribution is 2.25. The number of pyridine rings is 1. The lowest BCUT2D eigenvalue weighted by molar-refractivity contribution is 0.613. The summed E-state index contributed by atoms with van der Waals surface area (Å²) in [4.78, 5) is 4.14. The van der Waals surface area contributed by atoms with Crippen molar-refractivity contribution in [2.45, 2.75) is 6.92 Å². The van der Waals surface area contributed by atoms with Gasteiger partial charge >= 0.3 is 0 Å². The van der Waals surface area contributed by atoms with E-state index in [1.165, 1.54) is 6.07 Å². The Bertz CT molecular complexity index is 511. The Balaban J connectivity index is 2.89. The van der Waals surface area contributed by atoms with Gasteiger partial charge in [0.25, 0.3) is 0 Å². The predicted molar refractivity (Wildman–Crippen MR) is 63.6 cm³/mol. The molecule has 2 N–H and O–H groups in total. The number of anilines is 1. The van der Waals surface area contributed by atoms with Crippen molar-refractivity contribution in [3.8, 4) is 0 Å². The van der Waals surface area contributed by atoms with Gasteiger partial charge in [-0.15, -0.1) is 0 Å². The van der Waals surface area contributed by atoms with Crippen LogP contribution in [-0.4, -0.2) is 4.98 Å². The van der Waals surface area contributed by atoms with Gasteiger partial charge in [0.05, 0.1) is 11.2 Å². The summed E-state index contributed by atoms with van der Waals surface area (Å²) < 4.78 is 14.1. The first-order valence-electron chi connectivity index (χ1n) is 4.10. The largest absolute Gasteiger partial charge is 0.398 e. The summed E-state index contributed by atoms with van der Waals surface area (Å²) in [5.41, 5.74) is 7.57. The number of aromatic nitrogens is 1. The highest BCUT2D eigenvalue weighted by atomic mass is 127. The molecule has 2 aromatic rings. The second-order valence-corrected chi connectivity index (χ2v) is 4.17. The molecule has 0 bridgehead atoms. The molecule has 72 valence electrons. The lowest BCUT2D eigenvalue weighted by atomic mass is 10.2. The summed E-state index contributed by atoms with van der Waals surface area (Å²) in [5, 5.41) is 0.772. The molecule has 4 heteroatoms.